The van der Waals surface area contributed by atoms with Gasteiger partial charge in [0, 0.05) is 5.75 Å². The molecule has 3 nitrogen and oxygen atoms in total. The van der Waals surface area contributed by atoms with Crippen molar-refractivity contribution in [1.82, 2.24) is 0 Å². The highest BCUT2D eigenvalue weighted by Gasteiger charge is 1.99. The van der Waals surface area contributed by atoms with E-state index in [-0.39, 0.29) is 5.17 Å². The quantitative estimate of drug-likeness (QED) is 0.469. The Labute approximate surface area is 94.5 Å². The van der Waals surface area contributed by atoms with Crippen LogP contribution in [0, 0.1) is 19.3 Å². The first-order chi connectivity index (χ1) is 7.09. The van der Waals surface area contributed by atoms with Crippen LogP contribution in [0.15, 0.2) is 18.2 Å². The van der Waals surface area contributed by atoms with Crippen LogP contribution in [0.25, 0.3) is 0 Å². The summed E-state index contributed by atoms with van der Waals surface area (Å²) in [5, 5.41) is 7.18. The number of aryl methyl sites for hydroxylation is 2. The first kappa shape index (κ1) is 11.9. The maximum atomic E-state index is 7.04. The fourth-order valence-corrected chi connectivity index (χ4v) is 1.55. The predicted octanol–water partition coefficient (Wildman–Crippen LogP) is 2.31. The summed E-state index contributed by atoms with van der Waals surface area (Å²) in [5.41, 5.74) is 7.54. The topological polar surface area (TPSA) is 59.1 Å². The van der Waals surface area contributed by atoms with E-state index in [2.05, 4.69) is 6.07 Å². The molecule has 0 saturated heterocycles. The Morgan fingerprint density at radius 3 is 2.87 bits per heavy atom. The summed E-state index contributed by atoms with van der Waals surface area (Å²) in [7, 11) is 0. The van der Waals surface area contributed by atoms with Crippen molar-refractivity contribution in [3.63, 3.8) is 0 Å². The number of hydrogen-bond acceptors (Lipinski definition) is 3. The second-order valence-electron chi connectivity index (χ2n) is 3.33. The molecular formula is C11H16N2OS. The molecule has 0 heterocycles. The monoisotopic (exact) mass is 224 g/mol. The number of nitrogens with two attached hydrogens (primary N) is 1. The second kappa shape index (κ2) is 5.66. The van der Waals surface area contributed by atoms with Crippen molar-refractivity contribution < 1.29 is 4.74 Å². The van der Waals surface area contributed by atoms with Gasteiger partial charge in [-0.05, 0) is 31.0 Å². The van der Waals surface area contributed by atoms with Gasteiger partial charge in [-0.2, -0.15) is 0 Å². The lowest BCUT2D eigenvalue weighted by molar-refractivity contribution is 0.341. The lowest BCUT2D eigenvalue weighted by atomic mass is 10.1. The Morgan fingerprint density at radius 1 is 1.47 bits per heavy atom. The van der Waals surface area contributed by atoms with Gasteiger partial charge in [-0.25, -0.2) is 0 Å². The molecule has 0 bridgehead atoms. The molecule has 1 aromatic rings. The number of amidine groups is 1. The number of rotatable bonds is 4. The number of nitrogens with one attached hydrogen (secondary N) is 1. The zero-order valence-electron chi connectivity index (χ0n) is 9.04. The third-order valence-electron chi connectivity index (χ3n) is 1.94. The maximum absolute atomic E-state index is 7.04. The van der Waals surface area contributed by atoms with E-state index in [9.17, 15) is 0 Å². The molecule has 0 spiro atoms. The molecule has 82 valence electrons. The highest BCUT2D eigenvalue weighted by Crippen LogP contribution is 2.19. The fraction of sp³-hybridized carbons (Fsp3) is 0.364. The van der Waals surface area contributed by atoms with Gasteiger partial charge >= 0.3 is 0 Å². The zero-order valence-corrected chi connectivity index (χ0v) is 9.86. The summed E-state index contributed by atoms with van der Waals surface area (Å²) in [6.45, 7) is 4.64. The number of ether oxygens (including phenoxy) is 1. The van der Waals surface area contributed by atoms with Gasteiger partial charge in [0.1, 0.15) is 5.75 Å². The molecule has 0 unspecified atom stereocenters. The highest BCUT2D eigenvalue weighted by molar-refractivity contribution is 8.13. The van der Waals surface area contributed by atoms with Gasteiger partial charge < -0.3 is 10.5 Å². The van der Waals surface area contributed by atoms with Crippen molar-refractivity contribution in [2.24, 2.45) is 5.73 Å². The van der Waals surface area contributed by atoms with Crippen LogP contribution in [-0.2, 0) is 0 Å². The average Bonchev–Trinajstić information content (AvgIpc) is 2.17. The third kappa shape index (κ3) is 4.25. The largest absolute Gasteiger partial charge is 0.492 e. The van der Waals surface area contributed by atoms with E-state index in [4.69, 9.17) is 15.9 Å². The molecule has 0 atom stereocenters. The molecule has 0 aliphatic heterocycles. The van der Waals surface area contributed by atoms with E-state index in [1.165, 1.54) is 17.3 Å². The molecule has 1 rings (SSSR count). The molecule has 0 aliphatic rings. The van der Waals surface area contributed by atoms with E-state index in [0.29, 0.717) is 12.4 Å². The van der Waals surface area contributed by atoms with Gasteiger partial charge in [-0.3, -0.25) is 5.41 Å². The van der Waals surface area contributed by atoms with E-state index < -0.39 is 0 Å². The first-order valence-electron chi connectivity index (χ1n) is 4.76. The predicted molar refractivity (Wildman–Crippen MR) is 65.8 cm³/mol. The molecule has 0 radical (unpaired) electrons. The standard InChI is InChI=1S/C11H16N2OS/c1-8-3-4-9(2)10(7-8)14-5-6-15-11(12)13/h3-4,7H,5-6H2,1-2H3,(H3,12,13). The molecule has 15 heavy (non-hydrogen) atoms. The van der Waals surface area contributed by atoms with Gasteiger partial charge in [0.2, 0.25) is 0 Å². The van der Waals surface area contributed by atoms with Crippen molar-refractivity contribution in [3.8, 4) is 5.75 Å². The van der Waals surface area contributed by atoms with E-state index >= 15 is 0 Å². The zero-order chi connectivity index (χ0) is 11.3. The van der Waals surface area contributed by atoms with E-state index in [1.54, 1.807) is 0 Å². The number of benzene rings is 1. The van der Waals surface area contributed by atoms with E-state index in [1.807, 2.05) is 26.0 Å². The van der Waals surface area contributed by atoms with Gasteiger partial charge in [0.15, 0.2) is 5.17 Å². The fourth-order valence-electron chi connectivity index (χ4n) is 1.17. The van der Waals surface area contributed by atoms with Crippen LogP contribution in [0.3, 0.4) is 0 Å². The van der Waals surface area contributed by atoms with Crippen LogP contribution < -0.4 is 10.5 Å². The van der Waals surface area contributed by atoms with Crippen LogP contribution >= 0.6 is 11.8 Å². The highest BCUT2D eigenvalue weighted by atomic mass is 32.2. The Bertz CT molecular complexity index is 352. The number of thioether (sulfide) groups is 1. The summed E-state index contributed by atoms with van der Waals surface area (Å²) >= 11 is 1.30. The molecule has 3 N–H and O–H groups in total. The van der Waals surface area contributed by atoms with Crippen molar-refractivity contribution >= 4 is 16.9 Å². The molecule has 0 fully saturated rings. The molecular weight excluding hydrogens is 208 g/mol. The lowest BCUT2D eigenvalue weighted by Crippen LogP contribution is -2.09. The number of hydrogen-bond donors (Lipinski definition) is 2. The van der Waals surface area contributed by atoms with Crippen molar-refractivity contribution in [3.05, 3.63) is 29.3 Å². The van der Waals surface area contributed by atoms with Gasteiger partial charge in [0.05, 0.1) is 6.61 Å². The SMILES string of the molecule is Cc1ccc(C)c(OCCSC(=N)N)c1. The van der Waals surface area contributed by atoms with Crippen LogP contribution in [0.5, 0.6) is 5.75 Å². The molecule has 0 saturated carbocycles. The first-order valence-corrected chi connectivity index (χ1v) is 5.75. The molecule has 0 aliphatic carbocycles. The Kier molecular flexibility index (Phi) is 4.49. The average molecular weight is 224 g/mol. The smallest absolute Gasteiger partial charge is 0.151 e. The van der Waals surface area contributed by atoms with E-state index in [0.717, 1.165) is 11.3 Å². The van der Waals surface area contributed by atoms with Gasteiger partial charge in [-0.1, -0.05) is 23.9 Å². The second-order valence-corrected chi connectivity index (χ2v) is 4.47. The minimum atomic E-state index is 0.138. The van der Waals surface area contributed by atoms with Crippen molar-refractivity contribution in [1.29, 1.82) is 5.41 Å². The Hall–Kier alpha value is -1.16. The van der Waals surface area contributed by atoms with Crippen molar-refractivity contribution in [2.75, 3.05) is 12.4 Å². The summed E-state index contributed by atoms with van der Waals surface area (Å²) in [4.78, 5) is 0. The molecule has 0 amide bonds. The lowest BCUT2D eigenvalue weighted by Gasteiger charge is -2.09. The summed E-state index contributed by atoms with van der Waals surface area (Å²) in [5.74, 6) is 1.63. The maximum Gasteiger partial charge on any atom is 0.151 e. The molecule has 1 aromatic carbocycles. The van der Waals surface area contributed by atoms with Crippen LogP contribution in [0.4, 0.5) is 0 Å². The Balaban J connectivity index is 2.43. The van der Waals surface area contributed by atoms with Crippen LogP contribution in [-0.4, -0.2) is 17.5 Å². The molecule has 0 aromatic heterocycles. The Morgan fingerprint density at radius 2 is 2.20 bits per heavy atom. The van der Waals surface area contributed by atoms with Crippen LogP contribution in [0.1, 0.15) is 11.1 Å². The van der Waals surface area contributed by atoms with Gasteiger partial charge in [0.25, 0.3) is 0 Å². The molecule has 4 heteroatoms. The minimum Gasteiger partial charge on any atom is -0.492 e. The third-order valence-corrected chi connectivity index (χ3v) is 2.62. The summed E-state index contributed by atoms with van der Waals surface area (Å²) in [6, 6.07) is 6.13. The van der Waals surface area contributed by atoms with Gasteiger partial charge in [-0.15, -0.1) is 0 Å². The minimum absolute atomic E-state index is 0.138. The van der Waals surface area contributed by atoms with Crippen LogP contribution in [0.2, 0.25) is 0 Å². The summed E-state index contributed by atoms with van der Waals surface area (Å²) in [6.07, 6.45) is 0. The normalized spacial score (nSPS) is 10.0. The summed E-state index contributed by atoms with van der Waals surface area (Å²) < 4.78 is 5.59. The van der Waals surface area contributed by atoms with Crippen molar-refractivity contribution in [2.45, 2.75) is 13.8 Å².